The number of ether oxygens (including phenoxy) is 1. The van der Waals surface area contributed by atoms with Crippen molar-refractivity contribution in [3.8, 4) is 5.75 Å². The molecule has 0 saturated carbocycles. The van der Waals surface area contributed by atoms with Gasteiger partial charge in [0.25, 0.3) is 0 Å². The van der Waals surface area contributed by atoms with Gasteiger partial charge in [0.15, 0.2) is 0 Å². The van der Waals surface area contributed by atoms with E-state index >= 15 is 0 Å². The third-order valence-electron chi connectivity index (χ3n) is 6.67. The van der Waals surface area contributed by atoms with E-state index in [0.29, 0.717) is 16.4 Å². The fourth-order valence-corrected chi connectivity index (χ4v) is 5.20. The van der Waals surface area contributed by atoms with Crippen molar-refractivity contribution in [2.75, 3.05) is 7.05 Å². The van der Waals surface area contributed by atoms with Crippen molar-refractivity contribution < 1.29 is 29.0 Å². The molecule has 1 heterocycles. The van der Waals surface area contributed by atoms with Gasteiger partial charge in [-0.2, -0.15) is 0 Å². The van der Waals surface area contributed by atoms with Gasteiger partial charge >= 0.3 is 5.97 Å². The van der Waals surface area contributed by atoms with Gasteiger partial charge in [0, 0.05) is 19.4 Å². The Morgan fingerprint density at radius 1 is 1.03 bits per heavy atom. The minimum Gasteiger partial charge on any atom is -0.507 e. The molecule has 10 heteroatoms. The quantitative estimate of drug-likeness (QED) is 0.259. The molecule has 1 aromatic carbocycles. The van der Waals surface area contributed by atoms with Crippen LogP contribution in [-0.2, 0) is 30.3 Å². The molecule has 0 radical (unpaired) electrons. The van der Waals surface area contributed by atoms with E-state index in [-0.39, 0.29) is 36.0 Å². The van der Waals surface area contributed by atoms with Gasteiger partial charge in [-0.25, -0.2) is 4.79 Å². The second-order valence-electron chi connectivity index (χ2n) is 10.5. The Morgan fingerprint density at radius 2 is 1.66 bits per heavy atom. The summed E-state index contributed by atoms with van der Waals surface area (Å²) in [5, 5.41) is 15.4. The smallest absolute Gasteiger partial charge is 0.328 e. The molecule has 38 heavy (non-hydrogen) atoms. The van der Waals surface area contributed by atoms with Crippen LogP contribution in [0.25, 0.3) is 0 Å². The number of nitrogens with one attached hydrogen (secondary N) is 2. The molecule has 0 aliphatic carbocycles. The molecule has 0 saturated heterocycles. The minimum absolute atomic E-state index is 0.114. The van der Waals surface area contributed by atoms with Crippen LogP contribution < -0.4 is 10.6 Å². The number of cyclic esters (lactones) is 1. The van der Waals surface area contributed by atoms with Crippen LogP contribution in [0.15, 0.2) is 29.8 Å². The lowest BCUT2D eigenvalue weighted by Gasteiger charge is -2.31. The summed E-state index contributed by atoms with van der Waals surface area (Å²) in [6.07, 6.45) is 2.96. The summed E-state index contributed by atoms with van der Waals surface area (Å²) in [5.41, 5.74) is 1.76. The number of likely N-dealkylation sites (N-methyl/N-ethyl adjacent to an activating group) is 1. The van der Waals surface area contributed by atoms with E-state index in [0.717, 1.165) is 11.1 Å². The highest BCUT2D eigenvalue weighted by Crippen LogP contribution is 2.22. The summed E-state index contributed by atoms with van der Waals surface area (Å²) < 4.78 is 6.20. The number of allylic oxidation sites excluding steroid dienone is 2. The summed E-state index contributed by atoms with van der Waals surface area (Å²) in [4.78, 5) is 53.7. The molecule has 0 fully saturated rings. The van der Waals surface area contributed by atoms with Crippen molar-refractivity contribution >= 4 is 46.3 Å². The van der Waals surface area contributed by atoms with Crippen LogP contribution in [0.4, 0.5) is 0 Å². The van der Waals surface area contributed by atoms with Crippen LogP contribution in [0.1, 0.15) is 59.9 Å². The van der Waals surface area contributed by atoms with Crippen LogP contribution in [0.3, 0.4) is 0 Å². The number of benzene rings is 1. The fraction of sp³-hybridized carbons (Fsp3) is 0.571. The number of phenols is 1. The van der Waals surface area contributed by atoms with Gasteiger partial charge in [-0.15, -0.1) is 0 Å². The van der Waals surface area contributed by atoms with E-state index in [4.69, 9.17) is 4.74 Å². The second kappa shape index (κ2) is 14.0. The SMILES string of the molecule is CC1=C[C@H](C)C[C@H](C)OC(=O)[C@H](C)NC(=O)[C@H](Cc2ccc(O)c(I)c2)N(C)C(=O)[C@H](C)NC(=O)[C@@H](C)C1. The zero-order valence-electron chi connectivity index (χ0n) is 23.2. The van der Waals surface area contributed by atoms with Crippen LogP contribution in [0.2, 0.25) is 0 Å². The molecule has 0 unspecified atom stereocenters. The number of esters is 1. The number of carbonyl (C=O) groups is 4. The van der Waals surface area contributed by atoms with Crippen molar-refractivity contribution in [3.05, 3.63) is 39.0 Å². The number of hydrogen-bond donors (Lipinski definition) is 3. The summed E-state index contributed by atoms with van der Waals surface area (Å²) in [7, 11) is 1.50. The van der Waals surface area contributed by atoms with Crippen molar-refractivity contribution in [2.24, 2.45) is 11.8 Å². The number of rotatable bonds is 2. The molecule has 1 aliphatic heterocycles. The largest absolute Gasteiger partial charge is 0.507 e. The topological polar surface area (TPSA) is 125 Å². The fourth-order valence-electron chi connectivity index (χ4n) is 4.62. The Hall–Kier alpha value is -2.63. The van der Waals surface area contributed by atoms with E-state index in [1.165, 1.54) is 18.0 Å². The maximum absolute atomic E-state index is 13.4. The van der Waals surface area contributed by atoms with Crippen LogP contribution in [-0.4, -0.2) is 65.0 Å². The van der Waals surface area contributed by atoms with Crippen LogP contribution >= 0.6 is 22.6 Å². The summed E-state index contributed by atoms with van der Waals surface area (Å²) in [5.74, 6) is -1.89. The van der Waals surface area contributed by atoms with Crippen LogP contribution in [0, 0.1) is 15.4 Å². The monoisotopic (exact) mass is 641 g/mol. The van der Waals surface area contributed by atoms with E-state index in [9.17, 15) is 24.3 Å². The Morgan fingerprint density at radius 3 is 2.29 bits per heavy atom. The normalized spacial score (nSPS) is 28.9. The number of phenolic OH excluding ortho intramolecular Hbond substituents is 1. The lowest BCUT2D eigenvalue weighted by atomic mass is 9.95. The van der Waals surface area contributed by atoms with E-state index < -0.39 is 35.9 Å². The molecule has 3 N–H and O–H groups in total. The van der Waals surface area contributed by atoms with E-state index in [2.05, 4.69) is 16.7 Å². The van der Waals surface area contributed by atoms with Gasteiger partial charge in [-0.05, 0) is 86.7 Å². The molecule has 0 aromatic heterocycles. The summed E-state index contributed by atoms with van der Waals surface area (Å²) in [6, 6.07) is 2.17. The van der Waals surface area contributed by atoms with Gasteiger partial charge < -0.3 is 25.4 Å². The third kappa shape index (κ3) is 8.99. The highest BCUT2D eigenvalue weighted by atomic mass is 127. The van der Waals surface area contributed by atoms with Crippen molar-refractivity contribution in [1.29, 1.82) is 0 Å². The van der Waals surface area contributed by atoms with Crippen molar-refractivity contribution in [1.82, 2.24) is 15.5 Å². The summed E-state index contributed by atoms with van der Waals surface area (Å²) >= 11 is 1.99. The zero-order chi connectivity index (χ0) is 28.7. The molecule has 2 rings (SSSR count). The molecule has 0 bridgehead atoms. The molecule has 1 aliphatic rings. The lowest BCUT2D eigenvalue weighted by molar-refractivity contribution is -0.153. The predicted octanol–water partition coefficient (Wildman–Crippen LogP) is 3.32. The standard InChI is InChI=1S/C28H40IN3O6/c1-15-10-16(2)12-18(4)38-28(37)20(6)31-26(35)23(14-21-8-9-24(33)22(29)13-21)32(7)27(36)19(5)30-25(34)17(3)11-15/h8-10,13,16-20,23,33H,11-12,14H2,1-7H3,(H,30,34)(H,31,35)/t16-,17-,18-,19-,20-,23-/m0/s1. The Kier molecular flexibility index (Phi) is 11.6. The first-order chi connectivity index (χ1) is 17.7. The van der Waals surface area contributed by atoms with Gasteiger partial charge in [0.1, 0.15) is 23.9 Å². The average molecular weight is 642 g/mol. The number of amides is 3. The van der Waals surface area contributed by atoms with Crippen molar-refractivity contribution in [2.45, 2.75) is 85.0 Å². The number of nitrogens with zero attached hydrogens (tertiary/aromatic N) is 1. The number of carbonyl (C=O) groups excluding carboxylic acids is 4. The van der Waals surface area contributed by atoms with E-state index in [1.807, 2.05) is 50.3 Å². The number of hydrogen-bond acceptors (Lipinski definition) is 6. The summed E-state index contributed by atoms with van der Waals surface area (Å²) in [6.45, 7) is 10.7. The average Bonchev–Trinajstić information content (AvgIpc) is 2.82. The molecule has 9 nitrogen and oxygen atoms in total. The first kappa shape index (κ1) is 31.6. The first-order valence-corrected chi connectivity index (χ1v) is 14.0. The Bertz CT molecular complexity index is 1070. The maximum atomic E-state index is 13.4. The van der Waals surface area contributed by atoms with Crippen LogP contribution in [0.5, 0.6) is 5.75 Å². The number of aromatic hydroxyl groups is 1. The molecule has 3 amide bonds. The lowest BCUT2D eigenvalue weighted by Crippen LogP contribution is -2.56. The van der Waals surface area contributed by atoms with Crippen molar-refractivity contribution in [3.63, 3.8) is 0 Å². The highest BCUT2D eigenvalue weighted by molar-refractivity contribution is 14.1. The predicted molar refractivity (Wildman–Crippen MR) is 153 cm³/mol. The first-order valence-electron chi connectivity index (χ1n) is 12.9. The molecule has 210 valence electrons. The Balaban J connectivity index is 2.40. The molecule has 6 atom stereocenters. The van der Waals surface area contributed by atoms with Gasteiger partial charge in [-0.1, -0.05) is 31.6 Å². The molecular weight excluding hydrogens is 601 g/mol. The molecule has 1 aromatic rings. The van der Waals surface area contributed by atoms with Gasteiger partial charge in [0.05, 0.1) is 9.67 Å². The van der Waals surface area contributed by atoms with Gasteiger partial charge in [0.2, 0.25) is 17.7 Å². The second-order valence-corrected chi connectivity index (χ2v) is 11.7. The molecular formula is C28H40IN3O6. The Labute approximate surface area is 238 Å². The highest BCUT2D eigenvalue weighted by Gasteiger charge is 2.33. The minimum atomic E-state index is -0.976. The van der Waals surface area contributed by atoms with E-state index in [1.54, 1.807) is 26.0 Å². The third-order valence-corrected chi connectivity index (χ3v) is 7.53. The van der Waals surface area contributed by atoms with Gasteiger partial charge in [-0.3, -0.25) is 14.4 Å². The number of halogens is 1. The zero-order valence-corrected chi connectivity index (χ0v) is 25.4. The molecule has 0 spiro atoms. The maximum Gasteiger partial charge on any atom is 0.328 e.